The summed E-state index contributed by atoms with van der Waals surface area (Å²) in [6, 6.07) is 41.1. The molecule has 0 saturated carbocycles. The molecular formula is C34H36O5Se. The average molecular weight is 604 g/mol. The Labute approximate surface area is 243 Å². The molecule has 0 aromatic heterocycles. The summed E-state index contributed by atoms with van der Waals surface area (Å²) in [5, 5.41) is 0.826. The van der Waals surface area contributed by atoms with E-state index in [2.05, 4.69) is 60.7 Å². The minimum atomic E-state index is -0.586. The van der Waals surface area contributed by atoms with Crippen LogP contribution in [0.25, 0.3) is 0 Å². The van der Waals surface area contributed by atoms with Crippen LogP contribution in [0.4, 0.5) is 0 Å². The summed E-state index contributed by atoms with van der Waals surface area (Å²) in [7, 11) is 1.67. The summed E-state index contributed by atoms with van der Waals surface area (Å²) in [5.74, 6) is 0. The molecule has 6 heteroatoms. The molecule has 0 radical (unpaired) electrons. The molecule has 0 aliphatic carbocycles. The first-order valence-corrected chi connectivity index (χ1v) is 15.7. The SMILES string of the molecule is CO[C@H]1O[C@H](C[Se]c2ccccc2)[C@H](OCc2ccccc2)[C@H](OCc2ccccc2)[C@H]1OCc1ccccc1. The van der Waals surface area contributed by atoms with Crippen LogP contribution >= 0.6 is 0 Å². The normalized spacial score (nSPS) is 22.7. The first-order chi connectivity index (χ1) is 19.8. The Hall–Kier alpha value is -2.80. The van der Waals surface area contributed by atoms with Crippen LogP contribution in [0, 0.1) is 0 Å². The molecule has 4 aromatic carbocycles. The van der Waals surface area contributed by atoms with E-state index in [1.54, 1.807) is 7.11 Å². The molecule has 1 fully saturated rings. The van der Waals surface area contributed by atoms with Gasteiger partial charge in [-0.2, -0.15) is 0 Å². The van der Waals surface area contributed by atoms with Crippen molar-refractivity contribution in [2.45, 2.75) is 55.8 Å². The van der Waals surface area contributed by atoms with E-state index >= 15 is 0 Å². The van der Waals surface area contributed by atoms with Crippen molar-refractivity contribution < 1.29 is 23.7 Å². The zero-order chi connectivity index (χ0) is 27.4. The number of hydrogen-bond donors (Lipinski definition) is 0. The molecule has 1 aliphatic heterocycles. The van der Waals surface area contributed by atoms with Gasteiger partial charge in [0.2, 0.25) is 0 Å². The summed E-state index contributed by atoms with van der Waals surface area (Å²) in [5.41, 5.74) is 3.28. The fourth-order valence-corrected chi connectivity index (χ4v) is 6.81. The third kappa shape index (κ3) is 8.12. The molecule has 0 N–H and O–H groups in total. The number of rotatable bonds is 13. The zero-order valence-corrected chi connectivity index (χ0v) is 24.4. The number of benzene rings is 4. The van der Waals surface area contributed by atoms with E-state index < -0.39 is 18.5 Å². The van der Waals surface area contributed by atoms with Gasteiger partial charge in [0.25, 0.3) is 0 Å². The second-order valence-electron chi connectivity index (χ2n) is 9.69. The molecule has 5 atom stereocenters. The number of hydrogen-bond acceptors (Lipinski definition) is 5. The van der Waals surface area contributed by atoms with E-state index in [9.17, 15) is 0 Å². The Morgan fingerprint density at radius 1 is 0.550 bits per heavy atom. The molecule has 1 aliphatic rings. The third-order valence-corrected chi connectivity index (χ3v) is 9.15. The second-order valence-corrected chi connectivity index (χ2v) is 12.0. The molecule has 0 bridgehead atoms. The van der Waals surface area contributed by atoms with Crippen molar-refractivity contribution in [3.05, 3.63) is 138 Å². The number of methoxy groups -OCH3 is 1. The van der Waals surface area contributed by atoms with Crippen LogP contribution in [-0.4, -0.2) is 52.8 Å². The van der Waals surface area contributed by atoms with Gasteiger partial charge in [0.05, 0.1) is 0 Å². The summed E-state index contributed by atoms with van der Waals surface area (Å²) in [4.78, 5) is 0. The van der Waals surface area contributed by atoms with Crippen molar-refractivity contribution in [3.8, 4) is 0 Å². The Kier molecular flexibility index (Phi) is 11.0. The van der Waals surface area contributed by atoms with E-state index in [0.29, 0.717) is 19.8 Å². The molecule has 208 valence electrons. The van der Waals surface area contributed by atoms with Crippen molar-refractivity contribution in [2.24, 2.45) is 0 Å². The van der Waals surface area contributed by atoms with Gasteiger partial charge in [-0.05, 0) is 0 Å². The van der Waals surface area contributed by atoms with Crippen LogP contribution in [0.2, 0.25) is 5.32 Å². The molecule has 1 heterocycles. The topological polar surface area (TPSA) is 46.2 Å². The maximum absolute atomic E-state index is 6.68. The number of ether oxygens (including phenoxy) is 5. The van der Waals surface area contributed by atoms with Crippen LogP contribution in [0.3, 0.4) is 0 Å². The minimum absolute atomic E-state index is 0.195. The average Bonchev–Trinajstić information content (AvgIpc) is 3.03. The van der Waals surface area contributed by atoms with Gasteiger partial charge in [0, 0.05) is 0 Å². The van der Waals surface area contributed by atoms with Crippen molar-refractivity contribution >= 4 is 19.4 Å². The van der Waals surface area contributed by atoms with Gasteiger partial charge in [0.1, 0.15) is 0 Å². The third-order valence-electron chi connectivity index (χ3n) is 6.84. The van der Waals surface area contributed by atoms with Gasteiger partial charge in [0.15, 0.2) is 0 Å². The van der Waals surface area contributed by atoms with Crippen molar-refractivity contribution in [1.29, 1.82) is 0 Å². The van der Waals surface area contributed by atoms with Gasteiger partial charge in [-0.15, -0.1) is 0 Å². The zero-order valence-electron chi connectivity index (χ0n) is 22.7. The Balaban J connectivity index is 1.41. The van der Waals surface area contributed by atoms with E-state index in [0.717, 1.165) is 22.0 Å². The Morgan fingerprint density at radius 2 is 0.975 bits per heavy atom. The molecule has 0 unspecified atom stereocenters. The predicted octanol–water partition coefficient (Wildman–Crippen LogP) is 5.56. The Bertz CT molecular complexity index is 1240. The van der Waals surface area contributed by atoms with Crippen LogP contribution < -0.4 is 4.46 Å². The monoisotopic (exact) mass is 604 g/mol. The Morgan fingerprint density at radius 3 is 1.45 bits per heavy atom. The molecule has 4 aromatic rings. The quantitative estimate of drug-likeness (QED) is 0.187. The summed E-state index contributed by atoms with van der Waals surface area (Å²) in [6.45, 7) is 1.32. The van der Waals surface area contributed by atoms with Crippen LogP contribution in [0.15, 0.2) is 121 Å². The van der Waals surface area contributed by atoms with E-state index in [-0.39, 0.29) is 27.2 Å². The molecule has 40 heavy (non-hydrogen) atoms. The van der Waals surface area contributed by atoms with Crippen LogP contribution in [0.1, 0.15) is 16.7 Å². The summed E-state index contributed by atoms with van der Waals surface area (Å²) >= 11 is 0.195. The second kappa shape index (κ2) is 15.3. The van der Waals surface area contributed by atoms with Gasteiger partial charge < -0.3 is 0 Å². The molecule has 5 rings (SSSR count). The van der Waals surface area contributed by atoms with E-state index in [4.69, 9.17) is 23.7 Å². The maximum atomic E-state index is 6.68. The first-order valence-electron chi connectivity index (χ1n) is 13.6. The van der Waals surface area contributed by atoms with E-state index in [1.807, 2.05) is 60.7 Å². The van der Waals surface area contributed by atoms with Crippen molar-refractivity contribution in [1.82, 2.24) is 0 Å². The standard InChI is InChI=1S/C34H36O5Se/c1-35-34-33(38-24-28-18-10-4-11-19-28)32(37-23-27-16-8-3-9-17-27)31(36-22-26-14-6-2-7-15-26)30(39-34)25-40-29-20-12-5-13-21-29/h2-21,30-34H,22-25H2,1H3/t30-,31+,32+,33-,34+/m1/s1. The predicted molar refractivity (Wildman–Crippen MR) is 157 cm³/mol. The summed E-state index contributed by atoms with van der Waals surface area (Å²) in [6.07, 6.45) is -2.02. The van der Waals surface area contributed by atoms with Gasteiger partial charge in [-0.3, -0.25) is 0 Å². The fourth-order valence-electron chi connectivity index (χ4n) is 4.76. The van der Waals surface area contributed by atoms with Gasteiger partial charge in [-0.1, -0.05) is 0 Å². The molecule has 0 amide bonds. The molecule has 5 nitrogen and oxygen atoms in total. The van der Waals surface area contributed by atoms with Gasteiger partial charge in [-0.25, -0.2) is 0 Å². The van der Waals surface area contributed by atoms with E-state index in [1.165, 1.54) is 4.46 Å². The molecule has 0 spiro atoms. The summed E-state index contributed by atoms with van der Waals surface area (Å²) < 4.78 is 33.7. The van der Waals surface area contributed by atoms with Gasteiger partial charge >= 0.3 is 244 Å². The molecular weight excluding hydrogens is 567 g/mol. The van der Waals surface area contributed by atoms with Crippen molar-refractivity contribution in [3.63, 3.8) is 0 Å². The first kappa shape index (κ1) is 28.7. The van der Waals surface area contributed by atoms with Crippen LogP contribution in [0.5, 0.6) is 0 Å². The molecule has 1 saturated heterocycles. The van der Waals surface area contributed by atoms with Crippen LogP contribution in [-0.2, 0) is 43.5 Å². The van der Waals surface area contributed by atoms with Crippen molar-refractivity contribution in [2.75, 3.05) is 7.11 Å². The fraction of sp³-hybridized carbons (Fsp3) is 0.294.